The third-order valence-electron chi connectivity index (χ3n) is 5.31. The largest absolute Gasteiger partial charge is 0.416 e. The summed E-state index contributed by atoms with van der Waals surface area (Å²) in [5.74, 6) is -0.477. The van der Waals surface area contributed by atoms with Crippen molar-refractivity contribution in [2.75, 3.05) is 5.32 Å². The molecule has 2 aliphatic rings. The molecule has 0 radical (unpaired) electrons. The summed E-state index contributed by atoms with van der Waals surface area (Å²) in [6.07, 6.45) is 0.244. The van der Waals surface area contributed by atoms with Crippen LogP contribution in [0.3, 0.4) is 0 Å². The zero-order chi connectivity index (χ0) is 19.2. The van der Waals surface area contributed by atoms with E-state index in [4.69, 9.17) is 0 Å². The molecular weight excluding hydrogens is 373 g/mol. The molecule has 7 heteroatoms. The number of hydrogen-bond donors (Lipinski definition) is 1. The van der Waals surface area contributed by atoms with Gasteiger partial charge in [-0.05, 0) is 61.3 Å². The van der Waals surface area contributed by atoms with Gasteiger partial charge in [-0.15, -0.1) is 11.3 Å². The lowest BCUT2D eigenvalue weighted by atomic mass is 9.96. The smallest absolute Gasteiger partial charge is 0.316 e. The van der Waals surface area contributed by atoms with Gasteiger partial charge in [-0.3, -0.25) is 4.79 Å². The van der Waals surface area contributed by atoms with E-state index in [1.807, 2.05) is 0 Å². The Morgan fingerprint density at radius 1 is 1.19 bits per heavy atom. The number of nitrogens with one attached hydrogen (secondary N) is 1. The van der Waals surface area contributed by atoms with Crippen molar-refractivity contribution in [1.82, 2.24) is 0 Å². The highest BCUT2D eigenvalue weighted by Crippen LogP contribution is 2.49. The lowest BCUT2D eigenvalue weighted by Crippen LogP contribution is -2.14. The number of nitriles is 1. The minimum atomic E-state index is -4.36. The third kappa shape index (κ3) is 3.46. The minimum absolute atomic E-state index is 0.0626. The fraction of sp³-hybridized carbons (Fsp3) is 0.400. The molecule has 1 fully saturated rings. The van der Waals surface area contributed by atoms with Crippen LogP contribution in [0.15, 0.2) is 24.3 Å². The van der Waals surface area contributed by atoms with Gasteiger partial charge < -0.3 is 5.32 Å². The Morgan fingerprint density at radius 3 is 2.56 bits per heavy atom. The fourth-order valence-electron chi connectivity index (χ4n) is 3.75. The van der Waals surface area contributed by atoms with Crippen molar-refractivity contribution in [2.24, 2.45) is 5.92 Å². The van der Waals surface area contributed by atoms with Crippen LogP contribution in [0.5, 0.6) is 0 Å². The molecule has 2 unspecified atom stereocenters. The Kier molecular flexibility index (Phi) is 4.47. The summed E-state index contributed by atoms with van der Waals surface area (Å²) in [4.78, 5) is 13.8. The second-order valence-corrected chi connectivity index (χ2v) is 8.19. The molecule has 2 aromatic rings. The Labute approximate surface area is 158 Å². The van der Waals surface area contributed by atoms with Crippen LogP contribution in [0.4, 0.5) is 18.2 Å². The highest BCUT2D eigenvalue weighted by Gasteiger charge is 2.44. The number of nitrogens with zero attached hydrogens (tertiary/aromatic N) is 1. The second-order valence-electron chi connectivity index (χ2n) is 7.08. The summed E-state index contributed by atoms with van der Waals surface area (Å²) in [7, 11) is 0. The van der Waals surface area contributed by atoms with Crippen LogP contribution in [-0.4, -0.2) is 5.91 Å². The van der Waals surface area contributed by atoms with Crippen molar-refractivity contribution in [3.63, 3.8) is 0 Å². The van der Waals surface area contributed by atoms with Crippen molar-refractivity contribution in [3.8, 4) is 6.07 Å². The Bertz CT molecular complexity index is 924. The summed E-state index contributed by atoms with van der Waals surface area (Å²) >= 11 is 1.48. The molecule has 1 N–H and O–H groups in total. The maximum atomic E-state index is 12.7. The van der Waals surface area contributed by atoms with Crippen LogP contribution in [0, 0.1) is 17.2 Å². The van der Waals surface area contributed by atoms with Crippen LogP contribution < -0.4 is 5.32 Å². The number of thiophene rings is 1. The van der Waals surface area contributed by atoms with E-state index >= 15 is 0 Å². The number of rotatable bonds is 3. The van der Waals surface area contributed by atoms with Crippen LogP contribution in [-0.2, 0) is 23.8 Å². The molecule has 1 aromatic carbocycles. The molecule has 0 bridgehead atoms. The monoisotopic (exact) mass is 390 g/mol. The van der Waals surface area contributed by atoms with Gasteiger partial charge in [-0.25, -0.2) is 0 Å². The van der Waals surface area contributed by atoms with Crippen molar-refractivity contribution < 1.29 is 18.0 Å². The Morgan fingerprint density at radius 2 is 1.89 bits per heavy atom. The van der Waals surface area contributed by atoms with Gasteiger partial charge in [0.1, 0.15) is 11.1 Å². The summed E-state index contributed by atoms with van der Waals surface area (Å²) in [5, 5.41) is 13.0. The molecule has 1 saturated carbocycles. The van der Waals surface area contributed by atoms with E-state index in [2.05, 4.69) is 11.4 Å². The lowest BCUT2D eigenvalue weighted by molar-refractivity contribution is -0.137. The van der Waals surface area contributed by atoms with Gasteiger partial charge in [0.25, 0.3) is 0 Å². The lowest BCUT2D eigenvalue weighted by Gasteiger charge is -2.09. The van der Waals surface area contributed by atoms with Gasteiger partial charge >= 0.3 is 6.18 Å². The van der Waals surface area contributed by atoms with Crippen molar-refractivity contribution in [3.05, 3.63) is 51.4 Å². The summed E-state index contributed by atoms with van der Waals surface area (Å²) in [6.45, 7) is 0. The number of carbonyl (C=O) groups is 1. The van der Waals surface area contributed by atoms with E-state index in [1.54, 1.807) is 0 Å². The molecule has 2 atom stereocenters. The summed E-state index contributed by atoms with van der Waals surface area (Å²) < 4.78 is 38.0. The zero-order valence-corrected chi connectivity index (χ0v) is 15.2. The zero-order valence-electron chi connectivity index (χ0n) is 14.4. The van der Waals surface area contributed by atoms with Gasteiger partial charge in [0.2, 0.25) is 5.91 Å². The topological polar surface area (TPSA) is 52.9 Å². The first-order chi connectivity index (χ1) is 12.9. The maximum absolute atomic E-state index is 12.7. The number of anilines is 1. The number of carbonyl (C=O) groups excluding carboxylic acids is 1. The summed E-state index contributed by atoms with van der Waals surface area (Å²) in [6, 6.07) is 7.24. The van der Waals surface area contributed by atoms with Crippen molar-refractivity contribution in [1.29, 1.82) is 5.26 Å². The first kappa shape index (κ1) is 18.1. The molecule has 0 saturated heterocycles. The summed E-state index contributed by atoms with van der Waals surface area (Å²) in [5.41, 5.74) is 1.71. The molecule has 3 nitrogen and oxygen atoms in total. The normalized spacial score (nSPS) is 21.3. The predicted molar refractivity (Wildman–Crippen MR) is 96.6 cm³/mol. The van der Waals surface area contributed by atoms with Gasteiger partial charge in [0.05, 0.1) is 11.1 Å². The Hall–Kier alpha value is -2.33. The van der Waals surface area contributed by atoms with E-state index in [1.165, 1.54) is 28.3 Å². The molecule has 1 aromatic heterocycles. The molecule has 1 heterocycles. The van der Waals surface area contributed by atoms with Crippen molar-refractivity contribution in [2.45, 2.75) is 44.2 Å². The third-order valence-corrected chi connectivity index (χ3v) is 6.52. The molecule has 27 heavy (non-hydrogen) atoms. The van der Waals surface area contributed by atoms with Crippen LogP contribution in [0.25, 0.3) is 0 Å². The van der Waals surface area contributed by atoms with Gasteiger partial charge in [-0.2, -0.15) is 18.4 Å². The molecule has 0 aliphatic heterocycles. The van der Waals surface area contributed by atoms with Crippen LogP contribution in [0.1, 0.15) is 52.3 Å². The molecular formula is C20H17F3N2OS. The van der Waals surface area contributed by atoms with Crippen molar-refractivity contribution >= 4 is 22.2 Å². The van der Waals surface area contributed by atoms with Crippen LogP contribution >= 0.6 is 11.3 Å². The SMILES string of the molecule is N#Cc1c(NC(=O)C2CC2c2ccc(C(F)(F)F)cc2)sc2c1CCCC2. The number of benzene rings is 1. The van der Waals surface area contributed by atoms with E-state index in [0.717, 1.165) is 48.9 Å². The number of fused-ring (bicyclic) bond motifs is 1. The van der Waals surface area contributed by atoms with Gasteiger partial charge in [0.15, 0.2) is 0 Å². The highest BCUT2D eigenvalue weighted by molar-refractivity contribution is 7.16. The maximum Gasteiger partial charge on any atom is 0.416 e. The number of hydrogen-bond acceptors (Lipinski definition) is 3. The van der Waals surface area contributed by atoms with Gasteiger partial charge in [-0.1, -0.05) is 12.1 Å². The molecule has 0 spiro atoms. The fourth-order valence-corrected chi connectivity index (χ4v) is 4.99. The van der Waals surface area contributed by atoms with E-state index in [0.29, 0.717) is 17.0 Å². The van der Waals surface area contributed by atoms with E-state index in [-0.39, 0.29) is 17.7 Å². The number of amides is 1. The predicted octanol–water partition coefficient (Wildman–Crippen LogP) is 5.26. The van der Waals surface area contributed by atoms with Gasteiger partial charge in [0, 0.05) is 10.8 Å². The molecule has 2 aliphatic carbocycles. The standard InChI is InChI=1S/C20H17F3N2OS/c21-20(22,23)12-7-5-11(6-8-12)14-9-15(14)18(26)25-19-16(10-24)13-3-1-2-4-17(13)27-19/h5-8,14-15H,1-4,9H2,(H,25,26). The molecule has 1 amide bonds. The van der Waals surface area contributed by atoms with E-state index < -0.39 is 11.7 Å². The van der Waals surface area contributed by atoms with Crippen LogP contribution in [0.2, 0.25) is 0 Å². The number of aryl methyl sites for hydroxylation is 1. The van der Waals surface area contributed by atoms with E-state index in [9.17, 15) is 23.2 Å². The average molecular weight is 390 g/mol. The number of halogens is 3. The molecule has 140 valence electrons. The second kappa shape index (κ2) is 6.68. The quantitative estimate of drug-likeness (QED) is 0.777. The molecule has 4 rings (SSSR count). The first-order valence-corrected chi connectivity index (χ1v) is 9.73. The first-order valence-electron chi connectivity index (χ1n) is 8.91. The highest BCUT2D eigenvalue weighted by atomic mass is 32.1. The minimum Gasteiger partial charge on any atom is -0.316 e. The Balaban J connectivity index is 1.45. The number of alkyl halides is 3. The average Bonchev–Trinajstić information content (AvgIpc) is 3.37.